The van der Waals surface area contributed by atoms with Gasteiger partial charge in [0.05, 0.1) is 0 Å². The normalized spacial score (nSPS) is 9.55. The topological polar surface area (TPSA) is 70.2 Å². The molecule has 0 aliphatic heterocycles. The fraction of sp³-hybridized carbons (Fsp3) is 0. The number of pyridine rings is 1. The van der Waals surface area contributed by atoms with E-state index in [9.17, 15) is 14.0 Å². The van der Waals surface area contributed by atoms with E-state index in [1.165, 1.54) is 0 Å². The Kier molecular flexibility index (Phi) is 1.72. The van der Waals surface area contributed by atoms with Crippen molar-refractivity contribution in [1.82, 2.24) is 4.98 Å². The third kappa shape index (κ3) is 1.64. The van der Waals surface area contributed by atoms with Crippen molar-refractivity contribution in [3.8, 4) is 0 Å². The van der Waals surface area contributed by atoms with Crippen LogP contribution in [0.5, 0.6) is 0 Å². The first kappa shape index (κ1) is 7.46. The number of hydrogen-bond acceptors (Lipinski definition) is 2. The summed E-state index contributed by atoms with van der Waals surface area (Å²) in [5, 5.41) is 8.30. The maximum absolute atomic E-state index is 12.3. The lowest BCUT2D eigenvalue weighted by atomic mass is 10.3. The lowest BCUT2D eigenvalue weighted by Crippen LogP contribution is -2.09. The van der Waals surface area contributed by atoms with Gasteiger partial charge in [0.25, 0.3) is 0 Å². The number of carbonyl (C=O) groups is 1. The zero-order valence-electron chi connectivity index (χ0n) is 5.30. The molecule has 1 rings (SSSR count). The van der Waals surface area contributed by atoms with Crippen LogP contribution in [0.15, 0.2) is 16.9 Å². The monoisotopic (exact) mass is 157 g/mol. The minimum atomic E-state index is -1.36. The summed E-state index contributed by atoms with van der Waals surface area (Å²) in [6.07, 6.45) is 0. The van der Waals surface area contributed by atoms with Gasteiger partial charge < -0.3 is 10.1 Å². The maximum atomic E-state index is 12.3. The molecule has 0 aromatic carbocycles. The lowest BCUT2D eigenvalue weighted by molar-refractivity contribution is 0.0689. The number of aromatic carboxylic acids is 1. The number of halogens is 1. The summed E-state index contributed by atoms with van der Waals surface area (Å²) in [6, 6.07) is 1.48. The van der Waals surface area contributed by atoms with Crippen molar-refractivity contribution < 1.29 is 14.3 Å². The Bertz CT molecular complexity index is 344. The van der Waals surface area contributed by atoms with E-state index in [-0.39, 0.29) is 0 Å². The molecule has 0 amide bonds. The summed E-state index contributed by atoms with van der Waals surface area (Å²) in [6.45, 7) is 0. The van der Waals surface area contributed by atoms with E-state index < -0.39 is 23.0 Å². The molecule has 0 saturated heterocycles. The van der Waals surface area contributed by atoms with E-state index in [2.05, 4.69) is 0 Å². The standard InChI is InChI=1S/C6H4FNO3/c7-5-2-3(9)1-4(8-5)6(10)11/h1-2H,(H,8,9)(H,10,11). The molecule has 11 heavy (non-hydrogen) atoms. The Morgan fingerprint density at radius 2 is 2.18 bits per heavy atom. The molecule has 5 heteroatoms. The third-order valence-corrected chi connectivity index (χ3v) is 1.04. The predicted molar refractivity (Wildman–Crippen MR) is 34.0 cm³/mol. The number of aromatic amines is 1. The number of carboxylic acid groups (broad SMARTS) is 1. The second kappa shape index (κ2) is 2.53. The van der Waals surface area contributed by atoms with Crippen LogP contribution < -0.4 is 5.43 Å². The summed E-state index contributed by atoms with van der Waals surface area (Å²) < 4.78 is 12.3. The van der Waals surface area contributed by atoms with Crippen molar-refractivity contribution in [3.05, 3.63) is 34.0 Å². The van der Waals surface area contributed by atoms with Gasteiger partial charge in [0.15, 0.2) is 11.4 Å². The SMILES string of the molecule is O=C(O)c1cc(=O)cc(F)[nH]1. The maximum Gasteiger partial charge on any atom is 0.352 e. The Labute approximate surface area is 60.3 Å². The molecular formula is C6H4FNO3. The van der Waals surface area contributed by atoms with Crippen molar-refractivity contribution in [3.63, 3.8) is 0 Å². The predicted octanol–water partition coefficient (Wildman–Crippen LogP) is 0.212. The summed E-state index contributed by atoms with van der Waals surface area (Å²) in [5.74, 6) is -2.31. The van der Waals surface area contributed by atoms with Crippen LogP contribution in [0, 0.1) is 5.95 Å². The van der Waals surface area contributed by atoms with Crippen molar-refractivity contribution >= 4 is 5.97 Å². The molecular weight excluding hydrogens is 153 g/mol. The van der Waals surface area contributed by atoms with Gasteiger partial charge in [0.2, 0.25) is 0 Å². The number of aromatic nitrogens is 1. The van der Waals surface area contributed by atoms with Gasteiger partial charge in [-0.25, -0.2) is 4.79 Å². The zero-order valence-corrected chi connectivity index (χ0v) is 5.30. The van der Waals surface area contributed by atoms with Crippen LogP contribution >= 0.6 is 0 Å². The van der Waals surface area contributed by atoms with Crippen LogP contribution in [0.4, 0.5) is 4.39 Å². The first-order chi connectivity index (χ1) is 5.09. The van der Waals surface area contributed by atoms with Crippen LogP contribution in [0.25, 0.3) is 0 Å². The molecule has 4 nitrogen and oxygen atoms in total. The number of hydrogen-bond donors (Lipinski definition) is 2. The minimum Gasteiger partial charge on any atom is -0.477 e. The molecule has 0 saturated carbocycles. The Morgan fingerprint density at radius 3 is 2.64 bits per heavy atom. The van der Waals surface area contributed by atoms with Gasteiger partial charge in [0, 0.05) is 12.1 Å². The molecule has 0 fully saturated rings. The zero-order chi connectivity index (χ0) is 8.43. The first-order valence-corrected chi connectivity index (χ1v) is 2.73. The largest absolute Gasteiger partial charge is 0.477 e. The molecule has 58 valence electrons. The molecule has 0 spiro atoms. The summed E-state index contributed by atoms with van der Waals surface area (Å²) in [5.41, 5.74) is -1.12. The highest BCUT2D eigenvalue weighted by atomic mass is 19.1. The van der Waals surface area contributed by atoms with Crippen molar-refractivity contribution in [2.24, 2.45) is 0 Å². The van der Waals surface area contributed by atoms with E-state index in [1.54, 1.807) is 0 Å². The Hall–Kier alpha value is -1.65. The van der Waals surface area contributed by atoms with Crippen molar-refractivity contribution in [1.29, 1.82) is 0 Å². The van der Waals surface area contributed by atoms with Crippen LogP contribution in [0.3, 0.4) is 0 Å². The van der Waals surface area contributed by atoms with Gasteiger partial charge in [-0.15, -0.1) is 0 Å². The Morgan fingerprint density at radius 1 is 1.55 bits per heavy atom. The fourth-order valence-corrected chi connectivity index (χ4v) is 0.625. The highest BCUT2D eigenvalue weighted by Gasteiger charge is 2.04. The molecule has 0 unspecified atom stereocenters. The highest BCUT2D eigenvalue weighted by molar-refractivity contribution is 5.85. The molecule has 0 atom stereocenters. The minimum absolute atomic E-state index is 0.449. The molecule has 2 N–H and O–H groups in total. The molecule has 1 aromatic rings. The summed E-state index contributed by atoms with van der Waals surface area (Å²) in [4.78, 5) is 22.5. The smallest absolute Gasteiger partial charge is 0.352 e. The number of H-pyrrole nitrogens is 1. The molecule has 0 aliphatic rings. The van der Waals surface area contributed by atoms with Gasteiger partial charge in [-0.05, 0) is 0 Å². The quantitative estimate of drug-likeness (QED) is 0.572. The van der Waals surface area contributed by atoms with Gasteiger partial charge >= 0.3 is 5.97 Å². The van der Waals surface area contributed by atoms with E-state index >= 15 is 0 Å². The second-order valence-corrected chi connectivity index (χ2v) is 1.88. The van der Waals surface area contributed by atoms with Crippen molar-refractivity contribution in [2.45, 2.75) is 0 Å². The van der Waals surface area contributed by atoms with E-state index in [0.717, 1.165) is 6.07 Å². The number of carboxylic acids is 1. The average molecular weight is 157 g/mol. The first-order valence-electron chi connectivity index (χ1n) is 2.73. The number of rotatable bonds is 1. The highest BCUT2D eigenvalue weighted by Crippen LogP contribution is 1.91. The molecule has 1 heterocycles. The summed E-state index contributed by atoms with van der Waals surface area (Å²) in [7, 11) is 0. The average Bonchev–Trinajstić information content (AvgIpc) is 1.85. The van der Waals surface area contributed by atoms with Crippen LogP contribution in [0.2, 0.25) is 0 Å². The van der Waals surface area contributed by atoms with Gasteiger partial charge in [-0.2, -0.15) is 4.39 Å². The van der Waals surface area contributed by atoms with Gasteiger partial charge in [-0.3, -0.25) is 4.79 Å². The van der Waals surface area contributed by atoms with E-state index in [1.807, 2.05) is 4.98 Å². The lowest BCUT2D eigenvalue weighted by Gasteiger charge is -1.92. The molecule has 0 bridgehead atoms. The third-order valence-electron chi connectivity index (χ3n) is 1.04. The van der Waals surface area contributed by atoms with Crippen molar-refractivity contribution in [2.75, 3.05) is 0 Å². The van der Waals surface area contributed by atoms with Crippen LogP contribution in [-0.2, 0) is 0 Å². The van der Waals surface area contributed by atoms with Gasteiger partial charge in [-0.1, -0.05) is 0 Å². The molecule has 1 aromatic heterocycles. The second-order valence-electron chi connectivity index (χ2n) is 1.88. The Balaban J connectivity index is 3.30. The summed E-state index contributed by atoms with van der Waals surface area (Å²) >= 11 is 0. The van der Waals surface area contributed by atoms with E-state index in [4.69, 9.17) is 5.11 Å². The van der Waals surface area contributed by atoms with E-state index in [0.29, 0.717) is 6.07 Å². The van der Waals surface area contributed by atoms with Gasteiger partial charge in [0.1, 0.15) is 5.69 Å². The number of nitrogens with one attached hydrogen (secondary N) is 1. The van der Waals surface area contributed by atoms with Crippen LogP contribution in [0.1, 0.15) is 10.5 Å². The molecule has 0 radical (unpaired) electrons. The van der Waals surface area contributed by atoms with Crippen LogP contribution in [-0.4, -0.2) is 16.1 Å². The molecule has 0 aliphatic carbocycles. The fourth-order valence-electron chi connectivity index (χ4n) is 0.625.